The first kappa shape index (κ1) is 14.8. The molecule has 6 heteroatoms. The predicted molar refractivity (Wildman–Crippen MR) is 76.6 cm³/mol. The zero-order chi connectivity index (χ0) is 15.6. The highest BCUT2D eigenvalue weighted by Gasteiger charge is 2.24. The van der Waals surface area contributed by atoms with Crippen LogP contribution in [0.3, 0.4) is 0 Å². The van der Waals surface area contributed by atoms with E-state index < -0.39 is 5.97 Å². The minimum Gasteiger partial charge on any atom is -0.507 e. The summed E-state index contributed by atoms with van der Waals surface area (Å²) in [5, 5.41) is 11.3. The number of ether oxygens (including phenoxy) is 4. The molecule has 0 amide bonds. The van der Waals surface area contributed by atoms with Crippen molar-refractivity contribution in [3.8, 4) is 23.0 Å². The second-order valence-corrected chi connectivity index (χ2v) is 4.22. The van der Waals surface area contributed by atoms with Crippen LogP contribution in [0.1, 0.15) is 10.4 Å². The SMILES string of the molecule is COC(=O)c1c(O)cc2cc(OC)cc(OC)c2c1OC. The summed E-state index contributed by atoms with van der Waals surface area (Å²) in [6.45, 7) is 0. The minimum atomic E-state index is -0.691. The molecule has 0 saturated heterocycles. The van der Waals surface area contributed by atoms with Gasteiger partial charge in [-0.25, -0.2) is 4.79 Å². The maximum absolute atomic E-state index is 11.9. The quantitative estimate of drug-likeness (QED) is 0.872. The topological polar surface area (TPSA) is 74.2 Å². The van der Waals surface area contributed by atoms with E-state index in [4.69, 9.17) is 14.2 Å². The van der Waals surface area contributed by atoms with Crippen molar-refractivity contribution in [3.05, 3.63) is 23.8 Å². The maximum atomic E-state index is 11.9. The molecule has 0 saturated carbocycles. The van der Waals surface area contributed by atoms with Crippen LogP contribution in [-0.4, -0.2) is 39.5 Å². The van der Waals surface area contributed by atoms with Crippen molar-refractivity contribution in [1.29, 1.82) is 0 Å². The Hall–Kier alpha value is -2.63. The van der Waals surface area contributed by atoms with Crippen LogP contribution in [0.25, 0.3) is 10.8 Å². The molecule has 6 nitrogen and oxygen atoms in total. The van der Waals surface area contributed by atoms with Gasteiger partial charge in [-0.2, -0.15) is 0 Å². The Labute approximate surface area is 121 Å². The van der Waals surface area contributed by atoms with Crippen LogP contribution in [0.5, 0.6) is 23.0 Å². The molecule has 0 bridgehead atoms. The Bertz CT molecular complexity index is 692. The van der Waals surface area contributed by atoms with Crippen LogP contribution in [0.4, 0.5) is 0 Å². The van der Waals surface area contributed by atoms with E-state index >= 15 is 0 Å². The number of esters is 1. The lowest BCUT2D eigenvalue weighted by Gasteiger charge is -2.15. The fraction of sp³-hybridized carbons (Fsp3) is 0.267. The predicted octanol–water partition coefficient (Wildman–Crippen LogP) is 2.36. The van der Waals surface area contributed by atoms with Crippen molar-refractivity contribution in [1.82, 2.24) is 0 Å². The fourth-order valence-electron chi connectivity index (χ4n) is 2.21. The van der Waals surface area contributed by atoms with Crippen molar-refractivity contribution in [2.24, 2.45) is 0 Å². The van der Waals surface area contributed by atoms with Crippen LogP contribution < -0.4 is 14.2 Å². The minimum absolute atomic E-state index is 0.0454. The van der Waals surface area contributed by atoms with Crippen molar-refractivity contribution in [2.45, 2.75) is 0 Å². The number of benzene rings is 2. The number of hydrogen-bond donors (Lipinski definition) is 1. The highest BCUT2D eigenvalue weighted by Crippen LogP contribution is 2.43. The second kappa shape index (κ2) is 5.78. The molecule has 2 aromatic rings. The summed E-state index contributed by atoms with van der Waals surface area (Å²) in [7, 11) is 5.67. The Morgan fingerprint density at radius 3 is 2.24 bits per heavy atom. The zero-order valence-electron chi connectivity index (χ0n) is 12.2. The smallest absolute Gasteiger partial charge is 0.345 e. The zero-order valence-corrected chi connectivity index (χ0v) is 12.2. The fourth-order valence-corrected chi connectivity index (χ4v) is 2.21. The van der Waals surface area contributed by atoms with Crippen LogP contribution in [0.2, 0.25) is 0 Å². The van der Waals surface area contributed by atoms with E-state index in [1.165, 1.54) is 34.5 Å². The van der Waals surface area contributed by atoms with Gasteiger partial charge < -0.3 is 24.1 Å². The lowest BCUT2D eigenvalue weighted by molar-refractivity contribution is 0.0594. The summed E-state index contributed by atoms with van der Waals surface area (Å²) in [6, 6.07) is 4.82. The van der Waals surface area contributed by atoms with E-state index in [2.05, 4.69) is 4.74 Å². The molecule has 2 rings (SSSR count). The number of phenols is 1. The van der Waals surface area contributed by atoms with Crippen molar-refractivity contribution in [3.63, 3.8) is 0 Å². The molecular weight excluding hydrogens is 276 g/mol. The summed E-state index contributed by atoms with van der Waals surface area (Å²) in [6.07, 6.45) is 0. The van der Waals surface area contributed by atoms with Crippen LogP contribution in [0, 0.1) is 0 Å². The van der Waals surface area contributed by atoms with Gasteiger partial charge in [0.2, 0.25) is 0 Å². The highest BCUT2D eigenvalue weighted by atomic mass is 16.5. The molecule has 0 aliphatic carbocycles. The van der Waals surface area contributed by atoms with Crippen molar-refractivity contribution < 1.29 is 28.8 Å². The van der Waals surface area contributed by atoms with Gasteiger partial charge in [-0.3, -0.25) is 0 Å². The number of phenolic OH excluding ortho intramolecular Hbond substituents is 1. The van der Waals surface area contributed by atoms with Crippen molar-refractivity contribution >= 4 is 16.7 Å². The average molecular weight is 292 g/mol. The van der Waals surface area contributed by atoms with E-state index in [-0.39, 0.29) is 17.1 Å². The number of methoxy groups -OCH3 is 4. The van der Waals surface area contributed by atoms with Crippen LogP contribution in [-0.2, 0) is 4.74 Å². The molecule has 0 heterocycles. The Morgan fingerprint density at radius 1 is 1.00 bits per heavy atom. The first-order chi connectivity index (χ1) is 10.1. The molecule has 112 valence electrons. The summed E-state index contributed by atoms with van der Waals surface area (Å²) < 4.78 is 20.5. The van der Waals surface area contributed by atoms with Crippen LogP contribution >= 0.6 is 0 Å². The largest absolute Gasteiger partial charge is 0.507 e. The number of hydrogen-bond acceptors (Lipinski definition) is 6. The number of aromatic hydroxyl groups is 1. The van der Waals surface area contributed by atoms with Gasteiger partial charge in [0.25, 0.3) is 0 Å². The number of carbonyl (C=O) groups excluding carboxylic acids is 1. The number of carbonyl (C=O) groups is 1. The number of fused-ring (bicyclic) bond motifs is 1. The molecule has 0 aliphatic rings. The summed E-state index contributed by atoms with van der Waals surface area (Å²) in [4.78, 5) is 11.9. The lowest BCUT2D eigenvalue weighted by atomic mass is 10.0. The average Bonchev–Trinajstić information content (AvgIpc) is 2.51. The van der Waals surface area contributed by atoms with Gasteiger partial charge in [-0.1, -0.05) is 0 Å². The Kier molecular flexibility index (Phi) is 4.07. The molecule has 0 radical (unpaired) electrons. The van der Waals surface area contributed by atoms with Gasteiger partial charge >= 0.3 is 5.97 Å². The highest BCUT2D eigenvalue weighted by molar-refractivity contribution is 6.06. The Morgan fingerprint density at radius 2 is 1.71 bits per heavy atom. The summed E-state index contributed by atoms with van der Waals surface area (Å²) in [5.41, 5.74) is -0.0454. The van der Waals surface area contributed by atoms with Crippen LogP contribution in [0.15, 0.2) is 18.2 Å². The summed E-state index contributed by atoms with van der Waals surface area (Å²) >= 11 is 0. The third kappa shape index (κ3) is 2.40. The molecule has 21 heavy (non-hydrogen) atoms. The van der Waals surface area contributed by atoms with E-state index in [1.54, 1.807) is 12.1 Å². The van der Waals surface area contributed by atoms with Gasteiger partial charge in [0, 0.05) is 6.07 Å². The first-order valence-electron chi connectivity index (χ1n) is 6.11. The molecule has 1 N–H and O–H groups in total. The molecule has 0 atom stereocenters. The monoisotopic (exact) mass is 292 g/mol. The molecule has 2 aromatic carbocycles. The molecular formula is C15H16O6. The lowest BCUT2D eigenvalue weighted by Crippen LogP contribution is -2.05. The van der Waals surface area contributed by atoms with E-state index in [0.717, 1.165) is 0 Å². The second-order valence-electron chi connectivity index (χ2n) is 4.22. The van der Waals surface area contributed by atoms with Gasteiger partial charge in [-0.05, 0) is 17.5 Å². The first-order valence-corrected chi connectivity index (χ1v) is 6.11. The van der Waals surface area contributed by atoms with Gasteiger partial charge in [0.05, 0.1) is 33.8 Å². The van der Waals surface area contributed by atoms with E-state index in [1.807, 2.05) is 0 Å². The standard InChI is InChI=1S/C15H16O6/c1-18-9-5-8-6-10(16)13(15(17)21-4)14(20-3)12(8)11(7-9)19-2/h5-7,16H,1-4H3. The third-order valence-corrected chi connectivity index (χ3v) is 3.16. The van der Waals surface area contributed by atoms with Gasteiger partial charge in [0.1, 0.15) is 28.6 Å². The molecule has 0 spiro atoms. The number of rotatable bonds is 4. The van der Waals surface area contributed by atoms with Gasteiger partial charge in [-0.15, -0.1) is 0 Å². The van der Waals surface area contributed by atoms with Crippen molar-refractivity contribution in [2.75, 3.05) is 28.4 Å². The normalized spacial score (nSPS) is 10.3. The molecule has 0 unspecified atom stereocenters. The molecule has 0 aromatic heterocycles. The van der Waals surface area contributed by atoms with E-state index in [9.17, 15) is 9.90 Å². The van der Waals surface area contributed by atoms with Gasteiger partial charge in [0.15, 0.2) is 0 Å². The molecule has 0 aliphatic heterocycles. The van der Waals surface area contributed by atoms with E-state index in [0.29, 0.717) is 22.3 Å². The summed E-state index contributed by atoms with van der Waals surface area (Å²) in [5.74, 6) is 0.292. The molecule has 0 fully saturated rings. The maximum Gasteiger partial charge on any atom is 0.345 e. The Balaban J connectivity index is 2.91. The third-order valence-electron chi connectivity index (χ3n) is 3.16.